The molecule has 3 aromatic rings. The highest BCUT2D eigenvalue weighted by Gasteiger charge is 2.06. The van der Waals surface area contributed by atoms with E-state index in [1.165, 1.54) is 0 Å². The number of nitrogens with one attached hydrogen (secondary N) is 1. The maximum absolute atomic E-state index is 4.50. The third-order valence-corrected chi connectivity index (χ3v) is 2.46. The second kappa shape index (κ2) is 4.82. The standard InChI is InChI=1S/C11H10N4.C2H6/c1-12-10-11-13-6-7-15(11)9-5-3-2-4-8(9)14-10;1-2/h2-7H,1H3,(H,12,14);1-2H3. The third kappa shape index (κ3) is 1.82. The van der Waals surface area contributed by atoms with Gasteiger partial charge in [0.05, 0.1) is 11.0 Å². The van der Waals surface area contributed by atoms with Crippen LogP contribution in [0.2, 0.25) is 0 Å². The second-order valence-corrected chi connectivity index (χ2v) is 3.32. The zero-order valence-electron chi connectivity index (χ0n) is 10.3. The number of fused-ring (bicyclic) bond motifs is 3. The second-order valence-electron chi connectivity index (χ2n) is 3.32. The highest BCUT2D eigenvalue weighted by molar-refractivity contribution is 5.82. The van der Waals surface area contributed by atoms with E-state index >= 15 is 0 Å². The van der Waals surface area contributed by atoms with Crippen LogP contribution in [0.1, 0.15) is 13.8 Å². The van der Waals surface area contributed by atoms with Crippen LogP contribution in [0.3, 0.4) is 0 Å². The minimum atomic E-state index is 0.804. The van der Waals surface area contributed by atoms with Crippen molar-refractivity contribution in [3.63, 3.8) is 0 Å². The first-order valence-electron chi connectivity index (χ1n) is 5.80. The monoisotopic (exact) mass is 228 g/mol. The molecule has 0 fully saturated rings. The van der Waals surface area contributed by atoms with Crippen LogP contribution in [0.4, 0.5) is 5.82 Å². The zero-order chi connectivity index (χ0) is 12.3. The van der Waals surface area contributed by atoms with Gasteiger partial charge in [-0.25, -0.2) is 9.97 Å². The topological polar surface area (TPSA) is 42.2 Å². The Labute approximate surface area is 100 Å². The Morgan fingerprint density at radius 2 is 1.94 bits per heavy atom. The van der Waals surface area contributed by atoms with Crippen LogP contribution in [0.5, 0.6) is 0 Å². The molecule has 0 aliphatic heterocycles. The van der Waals surface area contributed by atoms with Gasteiger partial charge in [-0.15, -0.1) is 0 Å². The van der Waals surface area contributed by atoms with E-state index < -0.39 is 0 Å². The summed E-state index contributed by atoms with van der Waals surface area (Å²) in [6.07, 6.45) is 3.73. The smallest absolute Gasteiger partial charge is 0.180 e. The summed E-state index contributed by atoms with van der Waals surface area (Å²) in [5.41, 5.74) is 2.90. The molecule has 0 saturated heterocycles. The first kappa shape index (κ1) is 11.4. The number of hydrogen-bond acceptors (Lipinski definition) is 3. The Morgan fingerprint density at radius 1 is 1.18 bits per heavy atom. The van der Waals surface area contributed by atoms with Gasteiger partial charge in [0.25, 0.3) is 0 Å². The minimum absolute atomic E-state index is 0.804. The SMILES string of the molecule is CC.CNc1nc2ccccc2n2ccnc12. The summed E-state index contributed by atoms with van der Waals surface area (Å²) in [5, 5.41) is 3.05. The van der Waals surface area contributed by atoms with E-state index in [9.17, 15) is 0 Å². The lowest BCUT2D eigenvalue weighted by atomic mass is 10.3. The van der Waals surface area contributed by atoms with Crippen molar-refractivity contribution in [2.24, 2.45) is 0 Å². The highest BCUT2D eigenvalue weighted by atomic mass is 15.1. The quantitative estimate of drug-likeness (QED) is 0.696. The van der Waals surface area contributed by atoms with E-state index in [-0.39, 0.29) is 0 Å². The van der Waals surface area contributed by atoms with Gasteiger partial charge in [-0.05, 0) is 12.1 Å². The van der Waals surface area contributed by atoms with Crippen LogP contribution in [0, 0.1) is 0 Å². The summed E-state index contributed by atoms with van der Waals surface area (Å²) < 4.78 is 2.04. The number of rotatable bonds is 1. The molecule has 4 heteroatoms. The molecule has 0 aliphatic carbocycles. The summed E-state index contributed by atoms with van der Waals surface area (Å²) >= 11 is 0. The van der Waals surface area contributed by atoms with Crippen molar-refractivity contribution in [2.45, 2.75) is 13.8 Å². The number of anilines is 1. The number of imidazole rings is 1. The highest BCUT2D eigenvalue weighted by Crippen LogP contribution is 2.19. The molecule has 1 aromatic carbocycles. The van der Waals surface area contributed by atoms with Crippen LogP contribution in [0.25, 0.3) is 16.7 Å². The summed E-state index contributed by atoms with van der Waals surface area (Å²) in [6.45, 7) is 4.00. The maximum atomic E-state index is 4.50. The number of aromatic nitrogens is 3. The van der Waals surface area contributed by atoms with Crippen LogP contribution < -0.4 is 5.32 Å². The summed E-state index contributed by atoms with van der Waals surface area (Å²) in [4.78, 5) is 8.78. The van der Waals surface area contributed by atoms with Crippen molar-refractivity contribution in [3.05, 3.63) is 36.7 Å². The molecule has 0 radical (unpaired) electrons. The van der Waals surface area contributed by atoms with E-state index in [1.54, 1.807) is 6.20 Å². The van der Waals surface area contributed by atoms with Crippen molar-refractivity contribution < 1.29 is 0 Å². The number of benzene rings is 1. The van der Waals surface area contributed by atoms with E-state index in [1.807, 2.05) is 55.8 Å². The molecule has 2 aromatic heterocycles. The van der Waals surface area contributed by atoms with Crippen molar-refractivity contribution in [2.75, 3.05) is 12.4 Å². The van der Waals surface area contributed by atoms with E-state index in [0.717, 1.165) is 22.5 Å². The zero-order valence-corrected chi connectivity index (χ0v) is 10.3. The number of hydrogen-bond donors (Lipinski definition) is 1. The molecule has 3 rings (SSSR count). The first-order valence-corrected chi connectivity index (χ1v) is 5.80. The molecule has 0 bridgehead atoms. The van der Waals surface area contributed by atoms with Gasteiger partial charge in [-0.3, -0.25) is 4.40 Å². The molecule has 4 nitrogen and oxygen atoms in total. The van der Waals surface area contributed by atoms with Gasteiger partial charge in [-0.1, -0.05) is 26.0 Å². The molecule has 0 atom stereocenters. The molecule has 0 aliphatic rings. The lowest BCUT2D eigenvalue weighted by molar-refractivity contribution is 1.20. The van der Waals surface area contributed by atoms with Gasteiger partial charge < -0.3 is 5.32 Å². The van der Waals surface area contributed by atoms with Gasteiger partial charge >= 0.3 is 0 Å². The minimum Gasteiger partial charge on any atom is -0.370 e. The summed E-state index contributed by atoms with van der Waals surface area (Å²) in [5.74, 6) is 0.804. The Morgan fingerprint density at radius 3 is 2.71 bits per heavy atom. The molecule has 0 saturated carbocycles. The van der Waals surface area contributed by atoms with Crippen molar-refractivity contribution in [1.82, 2.24) is 14.4 Å². The predicted molar refractivity (Wildman–Crippen MR) is 71.4 cm³/mol. The van der Waals surface area contributed by atoms with Gasteiger partial charge in [0.1, 0.15) is 0 Å². The Hall–Kier alpha value is -2.10. The molecule has 2 heterocycles. The largest absolute Gasteiger partial charge is 0.370 e. The Kier molecular flexibility index (Phi) is 3.23. The molecule has 0 spiro atoms. The fourth-order valence-corrected chi connectivity index (χ4v) is 1.77. The Bertz CT molecular complexity index is 627. The molecule has 88 valence electrons. The fraction of sp³-hybridized carbons (Fsp3) is 0.231. The predicted octanol–water partition coefficient (Wildman–Crippen LogP) is 2.95. The van der Waals surface area contributed by atoms with Gasteiger partial charge in [0, 0.05) is 19.4 Å². The average molecular weight is 228 g/mol. The summed E-state index contributed by atoms with van der Waals surface area (Å²) in [7, 11) is 1.85. The third-order valence-electron chi connectivity index (χ3n) is 2.46. The Balaban J connectivity index is 0.000000514. The lowest BCUT2D eigenvalue weighted by Crippen LogP contribution is -1.98. The van der Waals surface area contributed by atoms with Crippen LogP contribution >= 0.6 is 0 Å². The maximum Gasteiger partial charge on any atom is 0.180 e. The van der Waals surface area contributed by atoms with Crippen LogP contribution in [-0.4, -0.2) is 21.4 Å². The average Bonchev–Trinajstić information content (AvgIpc) is 2.89. The van der Waals surface area contributed by atoms with Crippen molar-refractivity contribution in [3.8, 4) is 0 Å². The van der Waals surface area contributed by atoms with E-state index in [0.29, 0.717) is 0 Å². The fourth-order valence-electron chi connectivity index (χ4n) is 1.77. The molecular weight excluding hydrogens is 212 g/mol. The van der Waals surface area contributed by atoms with Crippen LogP contribution in [-0.2, 0) is 0 Å². The molecule has 0 unspecified atom stereocenters. The van der Waals surface area contributed by atoms with Crippen molar-refractivity contribution >= 4 is 22.5 Å². The number of para-hydroxylation sites is 2. The lowest BCUT2D eigenvalue weighted by Gasteiger charge is -2.05. The molecular formula is C13H16N4. The van der Waals surface area contributed by atoms with Gasteiger partial charge in [0.2, 0.25) is 0 Å². The van der Waals surface area contributed by atoms with Gasteiger partial charge in [0.15, 0.2) is 11.5 Å². The van der Waals surface area contributed by atoms with Gasteiger partial charge in [-0.2, -0.15) is 0 Å². The van der Waals surface area contributed by atoms with E-state index in [4.69, 9.17) is 0 Å². The van der Waals surface area contributed by atoms with Crippen molar-refractivity contribution in [1.29, 1.82) is 0 Å². The normalized spacial score (nSPS) is 10.1. The summed E-state index contributed by atoms with van der Waals surface area (Å²) in [6, 6.07) is 8.02. The van der Waals surface area contributed by atoms with E-state index in [2.05, 4.69) is 15.3 Å². The first-order chi connectivity index (χ1) is 8.40. The molecule has 17 heavy (non-hydrogen) atoms. The molecule has 0 amide bonds. The number of nitrogens with zero attached hydrogens (tertiary/aromatic N) is 3. The molecule has 1 N–H and O–H groups in total. The van der Waals surface area contributed by atoms with Crippen LogP contribution in [0.15, 0.2) is 36.7 Å².